The first-order chi connectivity index (χ1) is 9.06. The maximum absolute atomic E-state index is 13.5. The van der Waals surface area contributed by atoms with Crippen molar-refractivity contribution in [2.24, 2.45) is 5.92 Å². The summed E-state index contributed by atoms with van der Waals surface area (Å²) in [7, 11) is 0. The Balaban J connectivity index is 2.32. The Hall–Kier alpha value is -1.32. The van der Waals surface area contributed by atoms with E-state index in [2.05, 4.69) is 31.0 Å². The van der Waals surface area contributed by atoms with E-state index in [1.54, 1.807) is 0 Å². The van der Waals surface area contributed by atoms with E-state index in [9.17, 15) is 8.78 Å². The van der Waals surface area contributed by atoms with Crippen molar-refractivity contribution in [3.05, 3.63) is 23.8 Å². The average molecular weight is 268 g/mol. The van der Waals surface area contributed by atoms with Gasteiger partial charge in [-0.3, -0.25) is 0 Å². The van der Waals surface area contributed by atoms with Crippen LogP contribution in [0.25, 0.3) is 0 Å². The fourth-order valence-corrected chi connectivity index (χ4v) is 2.62. The van der Waals surface area contributed by atoms with Gasteiger partial charge < -0.3 is 10.2 Å². The minimum Gasteiger partial charge on any atom is -0.381 e. The lowest BCUT2D eigenvalue weighted by atomic mass is 10.00. The van der Waals surface area contributed by atoms with Gasteiger partial charge in [0, 0.05) is 31.3 Å². The van der Waals surface area contributed by atoms with Gasteiger partial charge in [0.05, 0.1) is 11.4 Å². The van der Waals surface area contributed by atoms with E-state index in [1.807, 2.05) is 0 Å². The molecule has 1 aromatic carbocycles. The largest absolute Gasteiger partial charge is 0.381 e. The minimum absolute atomic E-state index is 0.290. The average Bonchev–Trinajstić information content (AvgIpc) is 2.40. The first-order valence-corrected chi connectivity index (χ1v) is 7.06. The minimum atomic E-state index is -0.789. The molecule has 1 unspecified atom stereocenters. The van der Waals surface area contributed by atoms with Crippen molar-refractivity contribution in [2.45, 2.75) is 39.7 Å². The number of benzene rings is 1. The third-order valence-corrected chi connectivity index (χ3v) is 4.08. The van der Waals surface area contributed by atoms with E-state index < -0.39 is 11.6 Å². The maximum Gasteiger partial charge on any atom is 0.161 e. The summed E-state index contributed by atoms with van der Waals surface area (Å²) in [5.41, 5.74) is 1.48. The monoisotopic (exact) mass is 268 g/mol. The number of halogens is 2. The zero-order chi connectivity index (χ0) is 14.0. The van der Waals surface area contributed by atoms with E-state index in [0.29, 0.717) is 11.6 Å². The van der Waals surface area contributed by atoms with Crippen molar-refractivity contribution in [3.8, 4) is 0 Å². The highest BCUT2D eigenvalue weighted by atomic mass is 19.2. The van der Waals surface area contributed by atoms with Gasteiger partial charge in [-0.2, -0.15) is 0 Å². The van der Waals surface area contributed by atoms with Crippen molar-refractivity contribution in [1.29, 1.82) is 0 Å². The summed E-state index contributed by atoms with van der Waals surface area (Å²) in [6, 6.07) is 2.87. The topological polar surface area (TPSA) is 15.3 Å². The highest BCUT2D eigenvalue weighted by Gasteiger charge is 2.26. The van der Waals surface area contributed by atoms with E-state index in [0.717, 1.165) is 31.6 Å². The zero-order valence-electron chi connectivity index (χ0n) is 11.8. The molecular weight excluding hydrogens is 246 g/mol. The molecule has 1 atom stereocenters. The van der Waals surface area contributed by atoms with Gasteiger partial charge in [0.1, 0.15) is 0 Å². The van der Waals surface area contributed by atoms with Crippen LogP contribution in [0.2, 0.25) is 0 Å². The van der Waals surface area contributed by atoms with Gasteiger partial charge in [-0.05, 0) is 12.8 Å². The van der Waals surface area contributed by atoms with Crippen molar-refractivity contribution in [3.63, 3.8) is 0 Å². The lowest BCUT2D eigenvalue weighted by molar-refractivity contribution is 0.458. The summed E-state index contributed by atoms with van der Waals surface area (Å²) in [5.74, 6) is -0.978. The molecule has 0 radical (unpaired) electrons. The van der Waals surface area contributed by atoms with Gasteiger partial charge in [0.2, 0.25) is 0 Å². The summed E-state index contributed by atoms with van der Waals surface area (Å²) in [6.07, 6.45) is 2.21. The molecule has 0 amide bonds. The number of nitrogens with one attached hydrogen (secondary N) is 1. The third-order valence-electron chi connectivity index (χ3n) is 4.08. The molecule has 0 bridgehead atoms. The van der Waals surface area contributed by atoms with Crippen LogP contribution in [0.5, 0.6) is 0 Å². The summed E-state index contributed by atoms with van der Waals surface area (Å²) in [4.78, 5) is 2.20. The smallest absolute Gasteiger partial charge is 0.161 e. The van der Waals surface area contributed by atoms with Gasteiger partial charge in [0.15, 0.2) is 11.6 Å². The molecule has 0 aromatic heterocycles. The van der Waals surface area contributed by atoms with Crippen molar-refractivity contribution in [2.75, 3.05) is 23.3 Å². The van der Waals surface area contributed by atoms with Crippen LogP contribution in [0.4, 0.5) is 20.2 Å². The molecule has 19 heavy (non-hydrogen) atoms. The van der Waals surface area contributed by atoms with Crippen LogP contribution in [0.1, 0.15) is 33.6 Å². The zero-order valence-corrected chi connectivity index (χ0v) is 11.8. The fraction of sp³-hybridized carbons (Fsp3) is 0.600. The fourth-order valence-electron chi connectivity index (χ4n) is 2.62. The lowest BCUT2D eigenvalue weighted by Gasteiger charge is -2.39. The highest BCUT2D eigenvalue weighted by molar-refractivity contribution is 5.73. The van der Waals surface area contributed by atoms with Crippen LogP contribution in [-0.2, 0) is 0 Å². The van der Waals surface area contributed by atoms with Crippen molar-refractivity contribution >= 4 is 11.4 Å². The first kappa shape index (κ1) is 14.1. The van der Waals surface area contributed by atoms with Crippen LogP contribution in [0.15, 0.2) is 12.1 Å². The second-order valence-electron chi connectivity index (χ2n) is 5.35. The molecule has 1 aromatic rings. The van der Waals surface area contributed by atoms with Gasteiger partial charge in [-0.15, -0.1) is 0 Å². The van der Waals surface area contributed by atoms with E-state index >= 15 is 0 Å². The first-order valence-electron chi connectivity index (χ1n) is 7.06. The van der Waals surface area contributed by atoms with Crippen LogP contribution < -0.4 is 10.2 Å². The number of fused-ring (bicyclic) bond motifs is 1. The van der Waals surface area contributed by atoms with E-state index in [1.165, 1.54) is 12.1 Å². The lowest BCUT2D eigenvalue weighted by Crippen LogP contribution is -2.44. The Morgan fingerprint density at radius 3 is 2.53 bits per heavy atom. The number of anilines is 2. The molecule has 0 fully saturated rings. The number of hydrogen-bond acceptors (Lipinski definition) is 2. The summed E-state index contributed by atoms with van der Waals surface area (Å²) >= 11 is 0. The molecule has 1 aliphatic heterocycles. The summed E-state index contributed by atoms with van der Waals surface area (Å²) in [5, 5.41) is 3.17. The van der Waals surface area contributed by atoms with Crippen molar-refractivity contribution < 1.29 is 8.78 Å². The SMILES string of the molecule is CCC(CC)CN1c2cc(F)c(F)cc2NCC1C. The highest BCUT2D eigenvalue weighted by Crippen LogP contribution is 2.34. The number of hydrogen-bond donors (Lipinski definition) is 1. The van der Waals surface area contributed by atoms with Crippen LogP contribution in [0, 0.1) is 17.6 Å². The molecule has 1 heterocycles. The third kappa shape index (κ3) is 2.82. The Bertz CT molecular complexity index is 444. The molecule has 2 rings (SSSR count). The van der Waals surface area contributed by atoms with Crippen LogP contribution >= 0.6 is 0 Å². The Kier molecular flexibility index (Phi) is 4.27. The molecular formula is C15H22F2N2. The van der Waals surface area contributed by atoms with Gasteiger partial charge in [-0.25, -0.2) is 8.78 Å². The molecule has 4 heteroatoms. The standard InChI is InChI=1S/C15H22F2N2/c1-4-11(5-2)9-19-10(3)8-18-14-6-12(16)13(17)7-15(14)19/h6-7,10-11,18H,4-5,8-9H2,1-3H3. The molecule has 0 aliphatic carbocycles. The molecule has 2 nitrogen and oxygen atoms in total. The summed E-state index contributed by atoms with van der Waals surface area (Å²) in [6.45, 7) is 8.12. The molecule has 1 aliphatic rings. The molecule has 0 saturated heterocycles. The molecule has 0 saturated carbocycles. The van der Waals surface area contributed by atoms with Gasteiger partial charge >= 0.3 is 0 Å². The van der Waals surface area contributed by atoms with Crippen molar-refractivity contribution in [1.82, 2.24) is 0 Å². The second-order valence-corrected chi connectivity index (χ2v) is 5.35. The van der Waals surface area contributed by atoms with Crippen LogP contribution in [-0.4, -0.2) is 19.1 Å². The Labute approximate surface area is 113 Å². The van der Waals surface area contributed by atoms with Crippen LogP contribution in [0.3, 0.4) is 0 Å². The molecule has 0 spiro atoms. The normalized spacial score (nSPS) is 18.4. The second kappa shape index (κ2) is 5.76. The van der Waals surface area contributed by atoms with E-state index in [-0.39, 0.29) is 6.04 Å². The number of nitrogens with zero attached hydrogens (tertiary/aromatic N) is 1. The predicted molar refractivity (Wildman–Crippen MR) is 75.7 cm³/mol. The maximum atomic E-state index is 13.5. The number of rotatable bonds is 4. The Morgan fingerprint density at radius 1 is 1.26 bits per heavy atom. The molecule has 106 valence electrons. The van der Waals surface area contributed by atoms with Gasteiger partial charge in [0.25, 0.3) is 0 Å². The Morgan fingerprint density at radius 2 is 1.89 bits per heavy atom. The molecule has 1 N–H and O–H groups in total. The predicted octanol–water partition coefficient (Wildman–Crippen LogP) is 4.02. The quantitative estimate of drug-likeness (QED) is 0.887. The van der Waals surface area contributed by atoms with E-state index in [4.69, 9.17) is 0 Å². The van der Waals surface area contributed by atoms with Gasteiger partial charge in [-0.1, -0.05) is 26.7 Å². The summed E-state index contributed by atoms with van der Waals surface area (Å²) < 4.78 is 26.8.